The van der Waals surface area contributed by atoms with Crippen molar-refractivity contribution in [3.8, 4) is 22.5 Å². The van der Waals surface area contributed by atoms with Crippen molar-refractivity contribution in [1.82, 2.24) is 0 Å². The predicted octanol–water partition coefficient (Wildman–Crippen LogP) is 6.64. The van der Waals surface area contributed by atoms with Crippen LogP contribution in [0.1, 0.15) is 10.4 Å². The highest BCUT2D eigenvalue weighted by molar-refractivity contribution is 7.92. The first kappa shape index (κ1) is 29.0. The minimum Gasteiger partial charge on any atom is -0.455 e. The molecule has 0 unspecified atom stereocenters. The van der Waals surface area contributed by atoms with Crippen molar-refractivity contribution < 1.29 is 26.8 Å². The van der Waals surface area contributed by atoms with Gasteiger partial charge in [0, 0.05) is 49.0 Å². The minimum atomic E-state index is -3.74. The number of carbonyl (C=O) groups is 1. The number of furan rings is 1. The van der Waals surface area contributed by atoms with Crippen LogP contribution in [0.4, 0.5) is 15.8 Å². The molecule has 0 atom stereocenters. The Bertz CT molecular complexity index is 1800. The molecule has 42 heavy (non-hydrogen) atoms. The first-order chi connectivity index (χ1) is 20.2. The third kappa shape index (κ3) is 6.07. The highest BCUT2D eigenvalue weighted by Gasteiger charge is 2.27. The summed E-state index contributed by atoms with van der Waals surface area (Å²) in [5, 5.41) is 0.508. The molecule has 0 bridgehead atoms. The van der Waals surface area contributed by atoms with Gasteiger partial charge in [-0.15, -0.1) is 0 Å². The Balaban J connectivity index is 1.71. The molecule has 1 heterocycles. The van der Waals surface area contributed by atoms with E-state index in [-0.39, 0.29) is 30.3 Å². The molecule has 0 spiro atoms. The summed E-state index contributed by atoms with van der Waals surface area (Å²) in [6.07, 6.45) is 1.17. The topological polar surface area (TPSA) is 80.1 Å². The normalized spacial score (nSPS) is 11.5. The molecule has 0 aliphatic carbocycles. The van der Waals surface area contributed by atoms with Crippen LogP contribution >= 0.6 is 0 Å². The van der Waals surface area contributed by atoms with Crippen LogP contribution in [-0.2, 0) is 14.8 Å². The molecule has 0 amide bonds. The van der Waals surface area contributed by atoms with Crippen LogP contribution in [0.15, 0.2) is 101 Å². The maximum Gasteiger partial charge on any atom is 0.232 e. The standard InChI is InChI=1S/C33H31FN2O5S/c1-35(26-12-8-5-9-13-26)18-19-36(42(3,38)39)29-21-31-28(20-27(29)23-10-6-4-7-11-23)32(30(37)22-40-2)33(41-31)24-14-16-25(34)17-15-24/h4-17,20-21H,18-19,22H2,1-3H3. The van der Waals surface area contributed by atoms with Crippen LogP contribution in [0.2, 0.25) is 0 Å². The summed E-state index contributed by atoms with van der Waals surface area (Å²) in [7, 11) is -0.403. The average molecular weight is 587 g/mol. The number of ether oxygens (including phenoxy) is 1. The van der Waals surface area contributed by atoms with Gasteiger partial charge in [0.25, 0.3) is 0 Å². The summed E-state index contributed by atoms with van der Waals surface area (Å²) in [5.74, 6) is -0.470. The number of rotatable bonds is 11. The second-order valence-electron chi connectivity index (χ2n) is 9.99. The fourth-order valence-electron chi connectivity index (χ4n) is 4.99. The van der Waals surface area contributed by atoms with Gasteiger partial charge in [-0.3, -0.25) is 9.10 Å². The Hall–Kier alpha value is -4.47. The zero-order chi connectivity index (χ0) is 29.9. The summed E-state index contributed by atoms with van der Waals surface area (Å²) in [6, 6.07) is 28.2. The average Bonchev–Trinajstić information content (AvgIpc) is 3.36. The number of likely N-dealkylation sites (N-methyl/N-ethyl adjacent to an activating group) is 1. The van der Waals surface area contributed by atoms with Crippen molar-refractivity contribution in [3.63, 3.8) is 0 Å². The molecule has 216 valence electrons. The Labute approximate surface area is 244 Å². The van der Waals surface area contributed by atoms with Gasteiger partial charge in [0.15, 0.2) is 5.78 Å². The van der Waals surface area contributed by atoms with Crippen LogP contribution in [0, 0.1) is 5.82 Å². The molecule has 5 rings (SSSR count). The molecule has 0 radical (unpaired) electrons. The molecule has 9 heteroatoms. The van der Waals surface area contributed by atoms with Crippen molar-refractivity contribution in [3.05, 3.63) is 108 Å². The summed E-state index contributed by atoms with van der Waals surface area (Å²) in [5.41, 5.74) is 3.90. The number of nitrogens with zero attached hydrogens (tertiary/aromatic N) is 2. The number of hydrogen-bond acceptors (Lipinski definition) is 6. The number of methoxy groups -OCH3 is 1. The molecular formula is C33H31FN2O5S. The van der Waals surface area contributed by atoms with E-state index in [1.54, 1.807) is 12.1 Å². The maximum absolute atomic E-state index is 13.7. The number of fused-ring (bicyclic) bond motifs is 1. The minimum absolute atomic E-state index is 0.163. The van der Waals surface area contributed by atoms with E-state index in [2.05, 4.69) is 0 Å². The Morgan fingerprint density at radius 3 is 2.14 bits per heavy atom. The summed E-state index contributed by atoms with van der Waals surface area (Å²) < 4.78 is 53.1. The number of hydrogen-bond donors (Lipinski definition) is 0. The number of Topliss-reactive ketones (excluding diaryl/α,β-unsaturated/α-hetero) is 1. The van der Waals surface area contributed by atoms with Gasteiger partial charge in [0.05, 0.1) is 24.1 Å². The zero-order valence-electron chi connectivity index (χ0n) is 23.6. The zero-order valence-corrected chi connectivity index (χ0v) is 24.4. The number of halogens is 1. The van der Waals surface area contributed by atoms with Gasteiger partial charge in [0.1, 0.15) is 23.8 Å². The highest BCUT2D eigenvalue weighted by Crippen LogP contribution is 2.41. The van der Waals surface area contributed by atoms with E-state index in [1.165, 1.54) is 41.9 Å². The molecule has 0 aliphatic heterocycles. The van der Waals surface area contributed by atoms with Gasteiger partial charge in [-0.25, -0.2) is 12.8 Å². The van der Waals surface area contributed by atoms with E-state index < -0.39 is 15.8 Å². The van der Waals surface area contributed by atoms with Gasteiger partial charge in [-0.05, 0) is 48.0 Å². The van der Waals surface area contributed by atoms with E-state index in [0.717, 1.165) is 11.3 Å². The lowest BCUT2D eigenvalue weighted by atomic mass is 9.97. The third-order valence-corrected chi connectivity index (χ3v) is 8.24. The van der Waals surface area contributed by atoms with Crippen molar-refractivity contribution >= 4 is 38.2 Å². The molecule has 0 saturated carbocycles. The number of anilines is 2. The lowest BCUT2D eigenvalue weighted by molar-refractivity contribution is 0.0849. The number of sulfonamides is 1. The second-order valence-corrected chi connectivity index (χ2v) is 11.9. The Kier molecular flexibility index (Phi) is 8.42. The predicted molar refractivity (Wildman–Crippen MR) is 165 cm³/mol. The molecule has 0 N–H and O–H groups in total. The molecule has 1 aromatic heterocycles. The molecule has 0 aliphatic rings. The van der Waals surface area contributed by atoms with Crippen LogP contribution in [0.3, 0.4) is 0 Å². The fourth-order valence-corrected chi connectivity index (χ4v) is 5.91. The summed E-state index contributed by atoms with van der Waals surface area (Å²) in [4.78, 5) is 15.3. The van der Waals surface area contributed by atoms with Gasteiger partial charge in [-0.2, -0.15) is 0 Å². The van der Waals surface area contributed by atoms with E-state index in [9.17, 15) is 17.6 Å². The summed E-state index contributed by atoms with van der Waals surface area (Å²) >= 11 is 0. The lowest BCUT2D eigenvalue weighted by Gasteiger charge is -2.28. The van der Waals surface area contributed by atoms with Crippen LogP contribution in [-0.4, -0.2) is 54.3 Å². The SMILES string of the molecule is COCC(=O)c1c(-c2ccc(F)cc2)oc2cc(N(CCN(C)c3ccccc3)S(C)(=O)=O)c(-c3ccccc3)cc12. The number of benzene rings is 4. The van der Waals surface area contributed by atoms with Crippen LogP contribution in [0.25, 0.3) is 33.4 Å². The molecule has 0 fully saturated rings. The molecular weight excluding hydrogens is 555 g/mol. The number of para-hydroxylation sites is 1. The van der Waals surface area contributed by atoms with Crippen molar-refractivity contribution in [2.75, 3.05) is 49.3 Å². The lowest BCUT2D eigenvalue weighted by Crippen LogP contribution is -2.37. The van der Waals surface area contributed by atoms with Gasteiger partial charge >= 0.3 is 0 Å². The van der Waals surface area contributed by atoms with E-state index in [0.29, 0.717) is 34.3 Å². The maximum atomic E-state index is 13.7. The second kappa shape index (κ2) is 12.2. The van der Waals surface area contributed by atoms with Gasteiger partial charge in [0.2, 0.25) is 10.0 Å². The third-order valence-electron chi connectivity index (χ3n) is 7.06. The summed E-state index contributed by atoms with van der Waals surface area (Å²) in [6.45, 7) is 0.392. The van der Waals surface area contributed by atoms with Crippen molar-refractivity contribution in [2.24, 2.45) is 0 Å². The highest BCUT2D eigenvalue weighted by atomic mass is 32.2. The Morgan fingerprint density at radius 1 is 0.881 bits per heavy atom. The van der Waals surface area contributed by atoms with Crippen molar-refractivity contribution in [2.45, 2.75) is 0 Å². The quantitative estimate of drug-likeness (QED) is 0.162. The Morgan fingerprint density at radius 2 is 1.52 bits per heavy atom. The van der Waals surface area contributed by atoms with Crippen LogP contribution in [0.5, 0.6) is 0 Å². The van der Waals surface area contributed by atoms with Crippen molar-refractivity contribution in [1.29, 1.82) is 0 Å². The van der Waals surface area contributed by atoms with E-state index in [1.807, 2.05) is 72.6 Å². The van der Waals surface area contributed by atoms with Gasteiger partial charge < -0.3 is 14.1 Å². The number of ketones is 1. The monoisotopic (exact) mass is 586 g/mol. The fraction of sp³-hybridized carbons (Fsp3) is 0.182. The van der Waals surface area contributed by atoms with E-state index in [4.69, 9.17) is 9.15 Å². The van der Waals surface area contributed by atoms with Crippen LogP contribution < -0.4 is 9.21 Å². The molecule has 4 aromatic carbocycles. The van der Waals surface area contributed by atoms with Gasteiger partial charge in [-0.1, -0.05) is 48.5 Å². The molecule has 5 aromatic rings. The largest absolute Gasteiger partial charge is 0.455 e. The first-order valence-corrected chi connectivity index (χ1v) is 15.2. The molecule has 7 nitrogen and oxygen atoms in total. The molecule has 0 saturated heterocycles. The number of carbonyl (C=O) groups excluding carboxylic acids is 1. The first-order valence-electron chi connectivity index (χ1n) is 13.4. The smallest absolute Gasteiger partial charge is 0.232 e. The van der Waals surface area contributed by atoms with E-state index >= 15 is 0 Å².